The highest BCUT2D eigenvalue weighted by molar-refractivity contribution is 7.09. The van der Waals surface area contributed by atoms with E-state index in [0.29, 0.717) is 5.92 Å². The van der Waals surface area contributed by atoms with E-state index in [2.05, 4.69) is 46.0 Å². The van der Waals surface area contributed by atoms with Gasteiger partial charge in [0.15, 0.2) is 0 Å². The van der Waals surface area contributed by atoms with Crippen LogP contribution in [0.4, 0.5) is 10.9 Å². The minimum Gasteiger partial charge on any atom is -0.353 e. The van der Waals surface area contributed by atoms with Gasteiger partial charge in [-0.1, -0.05) is 20.8 Å². The Labute approximate surface area is 153 Å². The fourth-order valence-electron chi connectivity index (χ4n) is 3.06. The molecule has 0 spiro atoms. The lowest BCUT2D eigenvalue weighted by atomic mass is 9.91. The Hall–Kier alpha value is -1.76. The lowest BCUT2D eigenvalue weighted by Crippen LogP contribution is -2.47. The molecule has 134 valence electrons. The zero-order valence-electron chi connectivity index (χ0n) is 15.5. The van der Waals surface area contributed by atoms with E-state index in [0.717, 1.165) is 54.5 Å². The van der Waals surface area contributed by atoms with Crippen molar-refractivity contribution in [2.75, 3.05) is 36.0 Å². The first-order chi connectivity index (χ1) is 11.9. The van der Waals surface area contributed by atoms with Crippen LogP contribution in [0, 0.1) is 6.92 Å². The lowest BCUT2D eigenvalue weighted by Gasteiger charge is -2.35. The van der Waals surface area contributed by atoms with Crippen LogP contribution in [0.1, 0.15) is 56.9 Å². The third-order valence-corrected chi connectivity index (χ3v) is 5.70. The maximum atomic E-state index is 4.91. The second-order valence-corrected chi connectivity index (χ2v) is 8.82. The summed E-state index contributed by atoms with van der Waals surface area (Å²) in [6.45, 7) is 12.5. The maximum absolute atomic E-state index is 4.91. The van der Waals surface area contributed by atoms with Gasteiger partial charge in [0.2, 0.25) is 5.13 Å². The normalized spacial score (nSPS) is 18.7. The van der Waals surface area contributed by atoms with Crippen LogP contribution < -0.4 is 9.80 Å². The molecule has 0 bridgehead atoms. The van der Waals surface area contributed by atoms with E-state index in [9.17, 15) is 0 Å². The summed E-state index contributed by atoms with van der Waals surface area (Å²) in [4.78, 5) is 19.0. The molecule has 0 unspecified atom stereocenters. The Morgan fingerprint density at radius 2 is 1.68 bits per heavy atom. The number of piperazine rings is 1. The van der Waals surface area contributed by atoms with Gasteiger partial charge in [-0.2, -0.15) is 4.37 Å². The van der Waals surface area contributed by atoms with Crippen LogP contribution in [0.15, 0.2) is 6.07 Å². The van der Waals surface area contributed by atoms with Crippen molar-refractivity contribution in [3.05, 3.63) is 23.4 Å². The predicted octanol–water partition coefficient (Wildman–Crippen LogP) is 3.14. The highest BCUT2D eigenvalue weighted by Crippen LogP contribution is 2.39. The molecule has 7 heteroatoms. The molecule has 2 aromatic heterocycles. The fourth-order valence-corrected chi connectivity index (χ4v) is 3.79. The second kappa shape index (κ2) is 6.20. The molecule has 4 rings (SSSR count). The number of nitrogens with zero attached hydrogens (tertiary/aromatic N) is 6. The zero-order valence-corrected chi connectivity index (χ0v) is 16.3. The van der Waals surface area contributed by atoms with Gasteiger partial charge in [0.1, 0.15) is 17.5 Å². The van der Waals surface area contributed by atoms with E-state index in [1.54, 1.807) is 0 Å². The van der Waals surface area contributed by atoms with E-state index in [-0.39, 0.29) is 5.41 Å². The Bertz CT molecular complexity index is 753. The van der Waals surface area contributed by atoms with Crippen molar-refractivity contribution < 1.29 is 0 Å². The Balaban J connectivity index is 1.53. The molecule has 0 atom stereocenters. The van der Waals surface area contributed by atoms with E-state index < -0.39 is 0 Å². The summed E-state index contributed by atoms with van der Waals surface area (Å²) in [6.07, 6.45) is 2.47. The summed E-state index contributed by atoms with van der Waals surface area (Å²) in [5.41, 5.74) is 1.20. The first-order valence-electron chi connectivity index (χ1n) is 9.10. The minimum atomic E-state index is 0.0488. The SMILES string of the molecule is Cc1nsc(N2CCN(c3cc(C(C)(C)C)nc(C4CC4)n3)CC2)n1. The second-order valence-electron chi connectivity index (χ2n) is 8.09. The maximum Gasteiger partial charge on any atom is 0.205 e. The quantitative estimate of drug-likeness (QED) is 0.840. The Morgan fingerprint density at radius 1 is 1.00 bits per heavy atom. The van der Waals surface area contributed by atoms with Crippen molar-refractivity contribution >= 4 is 22.5 Å². The molecule has 1 aliphatic carbocycles. The number of aryl methyl sites for hydroxylation is 1. The van der Waals surface area contributed by atoms with Gasteiger partial charge in [-0.25, -0.2) is 15.0 Å². The molecule has 0 N–H and O–H groups in total. The molecule has 2 aliphatic rings. The summed E-state index contributed by atoms with van der Waals surface area (Å²) in [6, 6.07) is 2.19. The molecule has 3 heterocycles. The van der Waals surface area contributed by atoms with Gasteiger partial charge in [0, 0.05) is 55.1 Å². The van der Waals surface area contributed by atoms with Crippen molar-refractivity contribution in [3.8, 4) is 0 Å². The molecule has 0 radical (unpaired) electrons. The van der Waals surface area contributed by atoms with Gasteiger partial charge in [-0.15, -0.1) is 0 Å². The highest BCUT2D eigenvalue weighted by Gasteiger charge is 2.30. The van der Waals surface area contributed by atoms with Crippen LogP contribution in [0.2, 0.25) is 0 Å². The van der Waals surface area contributed by atoms with Crippen molar-refractivity contribution in [2.24, 2.45) is 0 Å². The average molecular weight is 359 g/mol. The third kappa shape index (κ3) is 3.61. The largest absolute Gasteiger partial charge is 0.353 e. The molecule has 1 saturated carbocycles. The number of hydrogen-bond acceptors (Lipinski definition) is 7. The van der Waals surface area contributed by atoms with E-state index in [4.69, 9.17) is 9.97 Å². The molecule has 2 aromatic rings. The van der Waals surface area contributed by atoms with Gasteiger partial charge >= 0.3 is 0 Å². The minimum absolute atomic E-state index is 0.0488. The van der Waals surface area contributed by atoms with Gasteiger partial charge in [-0.3, -0.25) is 0 Å². The first kappa shape index (κ1) is 16.7. The van der Waals surface area contributed by atoms with Gasteiger partial charge in [0.25, 0.3) is 0 Å². The van der Waals surface area contributed by atoms with E-state index in [1.165, 1.54) is 24.4 Å². The van der Waals surface area contributed by atoms with Crippen molar-refractivity contribution in [1.29, 1.82) is 0 Å². The predicted molar refractivity (Wildman–Crippen MR) is 102 cm³/mol. The van der Waals surface area contributed by atoms with Gasteiger partial charge in [0.05, 0.1) is 5.69 Å². The van der Waals surface area contributed by atoms with Crippen LogP contribution in [0.25, 0.3) is 0 Å². The molecule has 0 amide bonds. The summed E-state index contributed by atoms with van der Waals surface area (Å²) in [5, 5.41) is 1.04. The summed E-state index contributed by atoms with van der Waals surface area (Å²) < 4.78 is 4.30. The van der Waals surface area contributed by atoms with Crippen LogP contribution >= 0.6 is 11.5 Å². The first-order valence-corrected chi connectivity index (χ1v) is 9.87. The summed E-state index contributed by atoms with van der Waals surface area (Å²) in [5.74, 6) is 3.58. The van der Waals surface area contributed by atoms with Gasteiger partial charge < -0.3 is 9.80 Å². The zero-order chi connectivity index (χ0) is 17.6. The van der Waals surface area contributed by atoms with Crippen LogP contribution in [0.5, 0.6) is 0 Å². The molecule has 6 nitrogen and oxygen atoms in total. The van der Waals surface area contributed by atoms with Crippen LogP contribution in [0.3, 0.4) is 0 Å². The standard InChI is InChI=1S/C18H26N6S/c1-12-19-17(25-22-12)24-9-7-23(8-10-24)15-11-14(18(2,3)4)20-16(21-15)13-5-6-13/h11,13H,5-10H2,1-4H3. The average Bonchev–Trinajstić information content (AvgIpc) is 3.35. The third-order valence-electron chi connectivity index (χ3n) is 4.83. The molecule has 2 fully saturated rings. The summed E-state index contributed by atoms with van der Waals surface area (Å²) >= 11 is 1.49. The Morgan fingerprint density at radius 3 is 2.24 bits per heavy atom. The highest BCUT2D eigenvalue weighted by atomic mass is 32.1. The van der Waals surface area contributed by atoms with Crippen LogP contribution in [-0.4, -0.2) is 45.5 Å². The van der Waals surface area contributed by atoms with Crippen molar-refractivity contribution in [1.82, 2.24) is 19.3 Å². The number of rotatable bonds is 3. The monoisotopic (exact) mass is 358 g/mol. The van der Waals surface area contributed by atoms with E-state index >= 15 is 0 Å². The molecule has 25 heavy (non-hydrogen) atoms. The summed E-state index contributed by atoms with van der Waals surface area (Å²) in [7, 11) is 0. The van der Waals surface area contributed by atoms with E-state index in [1.807, 2.05) is 6.92 Å². The number of aromatic nitrogens is 4. The van der Waals surface area contributed by atoms with Crippen molar-refractivity contribution in [2.45, 2.75) is 51.9 Å². The van der Waals surface area contributed by atoms with Crippen molar-refractivity contribution in [3.63, 3.8) is 0 Å². The number of anilines is 2. The molecule has 0 aromatic carbocycles. The molecule has 1 aliphatic heterocycles. The number of hydrogen-bond donors (Lipinski definition) is 0. The van der Waals surface area contributed by atoms with Crippen LogP contribution in [-0.2, 0) is 5.41 Å². The van der Waals surface area contributed by atoms with Gasteiger partial charge in [-0.05, 0) is 19.8 Å². The molecule has 1 saturated heterocycles. The Kier molecular flexibility index (Phi) is 4.14. The molecular formula is C18H26N6S. The lowest BCUT2D eigenvalue weighted by molar-refractivity contribution is 0.559. The topological polar surface area (TPSA) is 58.0 Å². The molecular weight excluding hydrogens is 332 g/mol. The smallest absolute Gasteiger partial charge is 0.205 e. The fraction of sp³-hybridized carbons (Fsp3) is 0.667.